The molecule has 4 nitrogen and oxygen atoms in total. The number of nitrogens with one attached hydrogen (secondary N) is 1. The van der Waals surface area contributed by atoms with Gasteiger partial charge in [0.05, 0.1) is 0 Å². The highest BCUT2D eigenvalue weighted by Gasteiger charge is 2.14. The lowest BCUT2D eigenvalue weighted by Crippen LogP contribution is -2.36. The van der Waals surface area contributed by atoms with Crippen LogP contribution in [0.4, 0.5) is 0 Å². The Labute approximate surface area is 109 Å². The van der Waals surface area contributed by atoms with E-state index in [1.807, 2.05) is 18.5 Å². The molecule has 1 unspecified atom stereocenters. The summed E-state index contributed by atoms with van der Waals surface area (Å²) in [6, 6.07) is 0.539. The smallest absolute Gasteiger partial charge is 0.190 e. The third-order valence-electron chi connectivity index (χ3n) is 2.91. The van der Waals surface area contributed by atoms with Gasteiger partial charge in [0.15, 0.2) is 5.16 Å². The van der Waals surface area contributed by atoms with E-state index >= 15 is 0 Å². The van der Waals surface area contributed by atoms with Crippen LogP contribution in [0.2, 0.25) is 0 Å². The molecule has 1 heterocycles. The molecule has 0 saturated heterocycles. The van der Waals surface area contributed by atoms with Gasteiger partial charge in [-0.1, -0.05) is 32.5 Å². The third kappa shape index (κ3) is 4.32. The highest BCUT2D eigenvalue weighted by atomic mass is 32.2. The molecule has 0 bridgehead atoms. The first-order valence-electron chi connectivity index (χ1n) is 6.28. The van der Waals surface area contributed by atoms with Crippen LogP contribution < -0.4 is 5.32 Å². The number of rotatable bonds is 7. The molecule has 1 aromatic rings. The number of aromatic nitrogens is 3. The van der Waals surface area contributed by atoms with E-state index in [9.17, 15) is 0 Å². The first-order chi connectivity index (χ1) is 8.06. The molecule has 0 aromatic carbocycles. The standard InChI is InChI=1S/C12H24N4S/c1-6-7-13-11(9(2)3)8-17-12-15-14-10(4)16(12)5/h9,11,13H,6-8H2,1-5H3. The molecule has 5 heteroatoms. The molecule has 0 radical (unpaired) electrons. The Hall–Kier alpha value is -0.550. The van der Waals surface area contributed by atoms with Crippen LogP contribution in [0, 0.1) is 12.8 Å². The van der Waals surface area contributed by atoms with Gasteiger partial charge >= 0.3 is 0 Å². The fourth-order valence-electron chi connectivity index (χ4n) is 1.49. The van der Waals surface area contributed by atoms with Gasteiger partial charge in [0.25, 0.3) is 0 Å². The van der Waals surface area contributed by atoms with Crippen molar-refractivity contribution < 1.29 is 0 Å². The maximum Gasteiger partial charge on any atom is 0.190 e. The van der Waals surface area contributed by atoms with Crippen LogP contribution in [-0.4, -0.2) is 33.1 Å². The molecule has 17 heavy (non-hydrogen) atoms. The second kappa shape index (κ2) is 7.01. The van der Waals surface area contributed by atoms with Gasteiger partial charge in [0.2, 0.25) is 0 Å². The molecule has 98 valence electrons. The highest BCUT2D eigenvalue weighted by molar-refractivity contribution is 7.99. The lowest BCUT2D eigenvalue weighted by molar-refractivity contribution is 0.433. The molecule has 1 N–H and O–H groups in total. The molecule has 0 amide bonds. The van der Waals surface area contributed by atoms with E-state index < -0.39 is 0 Å². The fraction of sp³-hybridized carbons (Fsp3) is 0.833. The van der Waals surface area contributed by atoms with Gasteiger partial charge in [-0.2, -0.15) is 0 Å². The van der Waals surface area contributed by atoms with Gasteiger partial charge in [-0.05, 0) is 25.8 Å². The summed E-state index contributed by atoms with van der Waals surface area (Å²) < 4.78 is 2.04. The summed E-state index contributed by atoms with van der Waals surface area (Å²) in [6.45, 7) is 9.78. The van der Waals surface area contributed by atoms with Gasteiger partial charge in [-0.25, -0.2) is 0 Å². The summed E-state index contributed by atoms with van der Waals surface area (Å²) in [6.07, 6.45) is 1.18. The number of hydrogen-bond acceptors (Lipinski definition) is 4. The van der Waals surface area contributed by atoms with E-state index in [1.54, 1.807) is 11.8 Å². The second-order valence-electron chi connectivity index (χ2n) is 4.70. The SMILES string of the molecule is CCCNC(CSc1nnc(C)n1C)C(C)C. The Bertz CT molecular complexity index is 335. The summed E-state index contributed by atoms with van der Waals surface area (Å²) in [7, 11) is 2.02. The van der Waals surface area contributed by atoms with Crippen molar-refractivity contribution in [2.75, 3.05) is 12.3 Å². The van der Waals surface area contributed by atoms with Gasteiger partial charge < -0.3 is 9.88 Å². The normalized spacial score (nSPS) is 13.3. The predicted molar refractivity (Wildman–Crippen MR) is 73.4 cm³/mol. The van der Waals surface area contributed by atoms with E-state index in [-0.39, 0.29) is 0 Å². The zero-order valence-corrected chi connectivity index (χ0v) is 12.3. The first kappa shape index (κ1) is 14.5. The van der Waals surface area contributed by atoms with Crippen molar-refractivity contribution in [2.24, 2.45) is 13.0 Å². The van der Waals surface area contributed by atoms with Crippen molar-refractivity contribution in [3.8, 4) is 0 Å². The molecule has 1 aromatic heterocycles. The average molecular weight is 256 g/mol. The first-order valence-corrected chi connectivity index (χ1v) is 7.27. The maximum absolute atomic E-state index is 4.18. The van der Waals surface area contributed by atoms with Crippen LogP contribution in [0.1, 0.15) is 33.0 Å². The van der Waals surface area contributed by atoms with E-state index in [4.69, 9.17) is 0 Å². The molecule has 0 aliphatic rings. The van der Waals surface area contributed by atoms with Crippen LogP contribution in [0.15, 0.2) is 5.16 Å². The van der Waals surface area contributed by atoms with Crippen molar-refractivity contribution in [3.05, 3.63) is 5.82 Å². The van der Waals surface area contributed by atoms with Gasteiger partial charge in [-0.3, -0.25) is 0 Å². The average Bonchev–Trinajstić information content (AvgIpc) is 2.60. The van der Waals surface area contributed by atoms with Crippen molar-refractivity contribution >= 4 is 11.8 Å². The molecule has 0 aliphatic heterocycles. The van der Waals surface area contributed by atoms with Crippen molar-refractivity contribution in [3.63, 3.8) is 0 Å². The minimum absolute atomic E-state index is 0.539. The molecule has 0 fully saturated rings. The molecular formula is C12H24N4S. The molecule has 0 saturated carbocycles. The molecule has 0 aliphatic carbocycles. The number of thioether (sulfide) groups is 1. The molecule has 1 rings (SSSR count). The van der Waals surface area contributed by atoms with Crippen molar-refractivity contribution in [2.45, 2.75) is 45.3 Å². The van der Waals surface area contributed by atoms with Crippen molar-refractivity contribution in [1.82, 2.24) is 20.1 Å². The zero-order chi connectivity index (χ0) is 12.8. The Kier molecular flexibility index (Phi) is 5.98. The summed E-state index contributed by atoms with van der Waals surface area (Å²) >= 11 is 1.78. The van der Waals surface area contributed by atoms with Gasteiger partial charge in [-0.15, -0.1) is 10.2 Å². The quantitative estimate of drug-likeness (QED) is 0.760. The Morgan fingerprint density at radius 3 is 2.53 bits per heavy atom. The number of aryl methyl sites for hydroxylation is 1. The van der Waals surface area contributed by atoms with E-state index in [1.165, 1.54) is 6.42 Å². The highest BCUT2D eigenvalue weighted by Crippen LogP contribution is 2.18. The Morgan fingerprint density at radius 2 is 2.06 bits per heavy atom. The lowest BCUT2D eigenvalue weighted by Gasteiger charge is -2.21. The summed E-state index contributed by atoms with van der Waals surface area (Å²) in [4.78, 5) is 0. The Morgan fingerprint density at radius 1 is 1.35 bits per heavy atom. The number of nitrogens with zero attached hydrogens (tertiary/aromatic N) is 3. The van der Waals surface area contributed by atoms with Crippen molar-refractivity contribution in [1.29, 1.82) is 0 Å². The van der Waals surface area contributed by atoms with E-state index in [0.29, 0.717) is 12.0 Å². The molecule has 1 atom stereocenters. The summed E-state index contributed by atoms with van der Waals surface area (Å²) in [5, 5.41) is 12.8. The molecular weight excluding hydrogens is 232 g/mol. The monoisotopic (exact) mass is 256 g/mol. The van der Waals surface area contributed by atoms with Crippen LogP contribution in [-0.2, 0) is 7.05 Å². The van der Waals surface area contributed by atoms with E-state index in [2.05, 4.69) is 36.3 Å². The Balaban J connectivity index is 2.48. The minimum atomic E-state index is 0.539. The van der Waals surface area contributed by atoms with E-state index in [0.717, 1.165) is 23.3 Å². The van der Waals surface area contributed by atoms with Gasteiger partial charge in [0.1, 0.15) is 5.82 Å². The minimum Gasteiger partial charge on any atom is -0.313 e. The second-order valence-corrected chi connectivity index (χ2v) is 5.69. The summed E-state index contributed by atoms with van der Waals surface area (Å²) in [5.74, 6) is 2.65. The predicted octanol–water partition coefficient (Wildman–Crippen LogP) is 2.24. The lowest BCUT2D eigenvalue weighted by atomic mass is 10.1. The van der Waals surface area contributed by atoms with Crippen LogP contribution >= 0.6 is 11.8 Å². The third-order valence-corrected chi connectivity index (χ3v) is 4.05. The maximum atomic E-state index is 4.18. The topological polar surface area (TPSA) is 42.7 Å². The largest absolute Gasteiger partial charge is 0.313 e. The van der Waals surface area contributed by atoms with Gasteiger partial charge in [0, 0.05) is 18.8 Å². The van der Waals surface area contributed by atoms with Crippen LogP contribution in [0.5, 0.6) is 0 Å². The number of hydrogen-bond donors (Lipinski definition) is 1. The molecule has 0 spiro atoms. The van der Waals surface area contributed by atoms with Crippen LogP contribution in [0.3, 0.4) is 0 Å². The fourth-order valence-corrected chi connectivity index (χ4v) is 2.75. The summed E-state index contributed by atoms with van der Waals surface area (Å²) in [5.41, 5.74) is 0. The zero-order valence-electron chi connectivity index (χ0n) is 11.5. The van der Waals surface area contributed by atoms with Crippen LogP contribution in [0.25, 0.3) is 0 Å².